The Balaban J connectivity index is 1.85. The van der Waals surface area contributed by atoms with Crippen LogP contribution in [-0.4, -0.2) is 20.6 Å². The largest absolute Gasteiger partial charge is 0.350 e. The van der Waals surface area contributed by atoms with Crippen molar-refractivity contribution >= 4 is 33.9 Å². The minimum atomic E-state index is 0.305. The quantitative estimate of drug-likeness (QED) is 0.625. The highest BCUT2D eigenvalue weighted by Crippen LogP contribution is 2.23. The number of fused-ring (bicyclic) bond motifs is 1. The van der Waals surface area contributed by atoms with Crippen LogP contribution in [-0.2, 0) is 13.6 Å². The zero-order valence-corrected chi connectivity index (χ0v) is 17.0. The Labute approximate surface area is 161 Å². The predicted molar refractivity (Wildman–Crippen MR) is 116 cm³/mol. The zero-order valence-electron chi connectivity index (χ0n) is 16.2. The third kappa shape index (κ3) is 3.91. The molecule has 3 nitrogen and oxygen atoms in total. The van der Waals surface area contributed by atoms with Crippen LogP contribution in [0.4, 0.5) is 5.69 Å². The van der Waals surface area contributed by atoms with Gasteiger partial charge in [-0.05, 0) is 74.8 Å². The van der Waals surface area contributed by atoms with Crippen LogP contribution in [0.15, 0.2) is 48.7 Å². The molecule has 1 N–H and O–H groups in total. The van der Waals surface area contributed by atoms with Crippen molar-refractivity contribution in [3.63, 3.8) is 0 Å². The Bertz CT molecular complexity index is 919. The Hall–Kier alpha value is -2.33. The van der Waals surface area contributed by atoms with Crippen LogP contribution in [0.3, 0.4) is 0 Å². The van der Waals surface area contributed by atoms with E-state index < -0.39 is 0 Å². The minimum Gasteiger partial charge on any atom is -0.350 e. The molecule has 4 heteroatoms. The van der Waals surface area contributed by atoms with Gasteiger partial charge in [0.05, 0.1) is 0 Å². The molecule has 0 bridgehead atoms. The highest BCUT2D eigenvalue weighted by atomic mass is 32.1. The highest BCUT2D eigenvalue weighted by molar-refractivity contribution is 7.80. The van der Waals surface area contributed by atoms with Gasteiger partial charge in [0.2, 0.25) is 0 Å². The van der Waals surface area contributed by atoms with Gasteiger partial charge >= 0.3 is 0 Å². The molecule has 1 aromatic heterocycles. The molecular weight excluding hydrogens is 338 g/mol. The van der Waals surface area contributed by atoms with Gasteiger partial charge in [0.15, 0.2) is 5.11 Å². The van der Waals surface area contributed by atoms with Crippen molar-refractivity contribution in [2.75, 3.05) is 5.32 Å². The number of rotatable bonds is 4. The second kappa shape index (κ2) is 7.50. The van der Waals surface area contributed by atoms with Crippen LogP contribution < -0.4 is 5.32 Å². The van der Waals surface area contributed by atoms with Crippen molar-refractivity contribution in [1.82, 2.24) is 9.47 Å². The smallest absolute Gasteiger partial charge is 0.173 e. The summed E-state index contributed by atoms with van der Waals surface area (Å²) in [7, 11) is 2.09. The van der Waals surface area contributed by atoms with E-state index in [9.17, 15) is 0 Å². The fourth-order valence-electron chi connectivity index (χ4n) is 3.47. The number of thiocarbonyl (C=S) groups is 1. The summed E-state index contributed by atoms with van der Waals surface area (Å²) in [5, 5.41) is 5.48. The van der Waals surface area contributed by atoms with E-state index in [4.69, 9.17) is 12.2 Å². The first kappa shape index (κ1) is 18.5. The summed E-state index contributed by atoms with van der Waals surface area (Å²) >= 11 is 5.76. The lowest BCUT2D eigenvalue weighted by Gasteiger charge is -2.29. The van der Waals surface area contributed by atoms with Gasteiger partial charge in [-0.2, -0.15) is 0 Å². The molecule has 0 unspecified atom stereocenters. The van der Waals surface area contributed by atoms with Crippen LogP contribution in [0.2, 0.25) is 0 Å². The SMILES string of the molecule is Cc1cc(C)cc(NC(=S)N(Cc2cn(C)c3ccccc23)C(C)C)c1. The van der Waals surface area contributed by atoms with Crippen LogP contribution in [0.25, 0.3) is 10.9 Å². The van der Waals surface area contributed by atoms with Crippen LogP contribution in [0, 0.1) is 13.8 Å². The van der Waals surface area contributed by atoms with Gasteiger partial charge in [0.1, 0.15) is 0 Å². The molecule has 0 atom stereocenters. The van der Waals surface area contributed by atoms with E-state index in [-0.39, 0.29) is 0 Å². The summed E-state index contributed by atoms with van der Waals surface area (Å²) in [6.45, 7) is 9.37. The molecular formula is C22H27N3S. The second-order valence-electron chi connectivity index (χ2n) is 7.31. The molecule has 0 fully saturated rings. The average molecular weight is 366 g/mol. The molecule has 0 aliphatic heterocycles. The number of anilines is 1. The van der Waals surface area contributed by atoms with Gasteiger partial charge in [-0.3, -0.25) is 0 Å². The lowest BCUT2D eigenvalue weighted by Crippen LogP contribution is -2.39. The Morgan fingerprint density at radius 1 is 1.12 bits per heavy atom. The number of para-hydroxylation sites is 1. The van der Waals surface area contributed by atoms with Crippen LogP contribution >= 0.6 is 12.2 Å². The molecule has 0 amide bonds. The molecule has 1 heterocycles. The van der Waals surface area contributed by atoms with E-state index in [0.717, 1.165) is 17.3 Å². The van der Waals surface area contributed by atoms with E-state index in [1.54, 1.807) is 0 Å². The molecule has 0 aliphatic rings. The van der Waals surface area contributed by atoms with Crippen LogP contribution in [0.1, 0.15) is 30.5 Å². The van der Waals surface area contributed by atoms with E-state index in [1.807, 2.05) is 0 Å². The van der Waals surface area contributed by atoms with Crippen molar-refractivity contribution in [3.05, 3.63) is 65.4 Å². The van der Waals surface area contributed by atoms with Gasteiger partial charge in [0, 0.05) is 42.4 Å². The minimum absolute atomic E-state index is 0.305. The molecule has 0 aliphatic carbocycles. The third-order valence-corrected chi connectivity index (χ3v) is 5.01. The van der Waals surface area contributed by atoms with Crippen molar-refractivity contribution in [3.8, 4) is 0 Å². The first-order valence-corrected chi connectivity index (χ1v) is 9.45. The van der Waals surface area contributed by atoms with E-state index in [2.05, 4.69) is 98.2 Å². The van der Waals surface area contributed by atoms with Crippen molar-refractivity contribution in [2.45, 2.75) is 40.3 Å². The number of hydrogen-bond acceptors (Lipinski definition) is 1. The van der Waals surface area contributed by atoms with E-state index in [1.165, 1.54) is 27.6 Å². The number of benzene rings is 2. The van der Waals surface area contributed by atoms with Crippen molar-refractivity contribution < 1.29 is 0 Å². The molecule has 0 saturated heterocycles. The molecule has 3 rings (SSSR count). The fraction of sp³-hybridized carbons (Fsp3) is 0.318. The molecule has 136 valence electrons. The molecule has 0 radical (unpaired) electrons. The third-order valence-electron chi connectivity index (χ3n) is 4.68. The lowest BCUT2D eigenvalue weighted by molar-refractivity contribution is 0.349. The molecule has 26 heavy (non-hydrogen) atoms. The number of hydrogen-bond donors (Lipinski definition) is 1. The second-order valence-corrected chi connectivity index (χ2v) is 7.70. The van der Waals surface area contributed by atoms with Crippen molar-refractivity contribution in [2.24, 2.45) is 7.05 Å². The first-order valence-electron chi connectivity index (χ1n) is 9.04. The van der Waals surface area contributed by atoms with Crippen molar-refractivity contribution in [1.29, 1.82) is 0 Å². The predicted octanol–water partition coefficient (Wildman–Crippen LogP) is 5.40. The summed E-state index contributed by atoms with van der Waals surface area (Å²) < 4.78 is 2.18. The first-order chi connectivity index (χ1) is 12.3. The van der Waals surface area contributed by atoms with Gasteiger partial charge in [0.25, 0.3) is 0 Å². The standard InChI is InChI=1S/C22H27N3S/c1-15(2)25(22(26)23-19-11-16(3)10-17(4)12-19)14-18-13-24(5)21-9-7-6-8-20(18)21/h6-13,15H,14H2,1-5H3,(H,23,26). The van der Waals surface area contributed by atoms with Gasteiger partial charge in [-0.1, -0.05) is 24.3 Å². The summed E-state index contributed by atoms with van der Waals surface area (Å²) in [5.74, 6) is 0. The lowest BCUT2D eigenvalue weighted by atomic mass is 10.1. The summed E-state index contributed by atoms with van der Waals surface area (Å²) in [6.07, 6.45) is 2.21. The zero-order chi connectivity index (χ0) is 18.8. The molecule has 2 aromatic carbocycles. The number of nitrogens with zero attached hydrogens (tertiary/aromatic N) is 2. The monoisotopic (exact) mass is 365 g/mol. The van der Waals surface area contributed by atoms with Gasteiger partial charge in [-0.25, -0.2) is 0 Å². The molecule has 0 saturated carbocycles. The maximum Gasteiger partial charge on any atom is 0.173 e. The normalized spacial score (nSPS) is 11.2. The maximum atomic E-state index is 5.76. The maximum absolute atomic E-state index is 5.76. The summed E-state index contributed by atoms with van der Waals surface area (Å²) in [5.41, 5.74) is 6.07. The Kier molecular flexibility index (Phi) is 5.33. The number of aryl methyl sites for hydroxylation is 3. The number of nitrogens with one attached hydrogen (secondary N) is 1. The summed E-state index contributed by atoms with van der Waals surface area (Å²) in [6, 6.07) is 15.3. The number of aromatic nitrogens is 1. The topological polar surface area (TPSA) is 20.2 Å². The van der Waals surface area contributed by atoms with E-state index >= 15 is 0 Å². The Morgan fingerprint density at radius 2 is 1.77 bits per heavy atom. The summed E-state index contributed by atoms with van der Waals surface area (Å²) in [4.78, 5) is 2.24. The Morgan fingerprint density at radius 3 is 2.42 bits per heavy atom. The molecule has 0 spiro atoms. The average Bonchev–Trinajstić information content (AvgIpc) is 2.88. The van der Waals surface area contributed by atoms with E-state index in [0.29, 0.717) is 6.04 Å². The fourth-order valence-corrected chi connectivity index (χ4v) is 3.86. The van der Waals surface area contributed by atoms with Gasteiger partial charge in [-0.15, -0.1) is 0 Å². The highest BCUT2D eigenvalue weighted by Gasteiger charge is 2.17. The van der Waals surface area contributed by atoms with Gasteiger partial charge < -0.3 is 14.8 Å². The van der Waals surface area contributed by atoms with Crippen LogP contribution in [0.5, 0.6) is 0 Å². The molecule has 3 aromatic rings.